The monoisotopic (exact) mass is 260 g/mol. The minimum absolute atomic E-state index is 0.231. The number of benzene rings is 1. The topological polar surface area (TPSA) is 65.3 Å². The van der Waals surface area contributed by atoms with Crippen molar-refractivity contribution in [3.05, 3.63) is 29.8 Å². The number of hydrogen-bond acceptors (Lipinski definition) is 4. The van der Waals surface area contributed by atoms with Gasteiger partial charge in [-0.2, -0.15) is 5.26 Å². The number of nitrogens with zero attached hydrogens (tertiary/aromatic N) is 1. The van der Waals surface area contributed by atoms with Gasteiger partial charge in [0.15, 0.2) is 0 Å². The second-order valence-corrected chi connectivity index (χ2v) is 5.76. The van der Waals surface area contributed by atoms with Gasteiger partial charge in [0.2, 0.25) is 0 Å². The molecule has 2 atom stereocenters. The summed E-state index contributed by atoms with van der Waals surface area (Å²) in [5, 5.41) is 21.9. The van der Waals surface area contributed by atoms with Crippen LogP contribution in [-0.4, -0.2) is 30.4 Å². The van der Waals surface area contributed by atoms with E-state index in [1.54, 1.807) is 24.3 Å². The lowest BCUT2D eigenvalue weighted by molar-refractivity contribution is 0.105. The van der Waals surface area contributed by atoms with Crippen LogP contribution in [0.25, 0.3) is 0 Å². The quantitative estimate of drug-likeness (QED) is 0.817. The normalized spacial score (nSPS) is 21.5. The third-order valence-electron chi connectivity index (χ3n) is 3.52. The fourth-order valence-corrected chi connectivity index (χ4v) is 2.00. The van der Waals surface area contributed by atoms with Crippen molar-refractivity contribution in [3.8, 4) is 11.8 Å². The lowest BCUT2D eigenvalue weighted by Gasteiger charge is -2.14. The van der Waals surface area contributed by atoms with E-state index >= 15 is 0 Å². The van der Waals surface area contributed by atoms with Crippen molar-refractivity contribution in [2.75, 3.05) is 13.2 Å². The first kappa shape index (κ1) is 13.9. The van der Waals surface area contributed by atoms with Gasteiger partial charge in [-0.05, 0) is 30.0 Å². The molecule has 0 heterocycles. The van der Waals surface area contributed by atoms with Gasteiger partial charge in [0.1, 0.15) is 18.5 Å². The molecule has 1 aromatic carbocycles. The molecule has 1 aromatic rings. The third-order valence-corrected chi connectivity index (χ3v) is 3.52. The number of nitriles is 1. The van der Waals surface area contributed by atoms with Crippen LogP contribution in [-0.2, 0) is 0 Å². The van der Waals surface area contributed by atoms with Gasteiger partial charge in [0, 0.05) is 12.6 Å². The molecule has 4 nitrogen and oxygen atoms in total. The zero-order valence-corrected chi connectivity index (χ0v) is 11.4. The molecular formula is C15H20N2O2. The smallest absolute Gasteiger partial charge is 0.120 e. The summed E-state index contributed by atoms with van der Waals surface area (Å²) in [5.41, 5.74) is 0.923. The van der Waals surface area contributed by atoms with Crippen LogP contribution in [0.3, 0.4) is 0 Å². The molecule has 2 N–H and O–H groups in total. The van der Waals surface area contributed by atoms with Gasteiger partial charge in [0.05, 0.1) is 11.6 Å². The van der Waals surface area contributed by atoms with Crippen LogP contribution in [0.4, 0.5) is 0 Å². The SMILES string of the molecule is CC1(C)CC1NCC(O)COc1cccc(C#N)c1. The van der Waals surface area contributed by atoms with Crippen molar-refractivity contribution in [1.82, 2.24) is 5.32 Å². The zero-order valence-electron chi connectivity index (χ0n) is 11.4. The van der Waals surface area contributed by atoms with Crippen LogP contribution < -0.4 is 10.1 Å². The molecule has 0 aliphatic heterocycles. The van der Waals surface area contributed by atoms with E-state index < -0.39 is 6.10 Å². The minimum atomic E-state index is -0.540. The molecule has 0 spiro atoms. The molecule has 102 valence electrons. The summed E-state index contributed by atoms with van der Waals surface area (Å²) in [7, 11) is 0. The van der Waals surface area contributed by atoms with Crippen LogP contribution in [0.2, 0.25) is 0 Å². The maximum Gasteiger partial charge on any atom is 0.120 e. The first-order valence-corrected chi connectivity index (χ1v) is 6.56. The Bertz CT molecular complexity index is 479. The predicted molar refractivity (Wildman–Crippen MR) is 72.8 cm³/mol. The van der Waals surface area contributed by atoms with E-state index in [9.17, 15) is 5.11 Å². The van der Waals surface area contributed by atoms with E-state index in [1.165, 1.54) is 0 Å². The van der Waals surface area contributed by atoms with Gasteiger partial charge < -0.3 is 15.2 Å². The van der Waals surface area contributed by atoms with Crippen molar-refractivity contribution in [3.63, 3.8) is 0 Å². The Kier molecular flexibility index (Phi) is 4.08. The van der Waals surface area contributed by atoms with Gasteiger partial charge in [-0.25, -0.2) is 0 Å². The van der Waals surface area contributed by atoms with E-state index in [0.29, 0.717) is 29.3 Å². The maximum atomic E-state index is 9.83. The number of nitrogens with one attached hydrogen (secondary N) is 1. The molecule has 0 saturated heterocycles. The molecule has 0 bridgehead atoms. The molecule has 1 aliphatic rings. The first-order chi connectivity index (χ1) is 9.01. The Morgan fingerprint density at radius 1 is 1.58 bits per heavy atom. The number of ether oxygens (including phenoxy) is 1. The predicted octanol–water partition coefficient (Wildman–Crippen LogP) is 1.69. The van der Waals surface area contributed by atoms with Crippen LogP contribution in [0, 0.1) is 16.7 Å². The highest BCUT2D eigenvalue weighted by Crippen LogP contribution is 2.44. The van der Waals surface area contributed by atoms with Crippen LogP contribution in [0.15, 0.2) is 24.3 Å². The molecule has 4 heteroatoms. The highest BCUT2D eigenvalue weighted by Gasteiger charge is 2.45. The van der Waals surface area contributed by atoms with E-state index in [1.807, 2.05) is 0 Å². The number of hydrogen-bond donors (Lipinski definition) is 2. The molecule has 0 aromatic heterocycles. The van der Waals surface area contributed by atoms with Crippen molar-refractivity contribution in [2.24, 2.45) is 5.41 Å². The van der Waals surface area contributed by atoms with Crippen molar-refractivity contribution >= 4 is 0 Å². The van der Waals surface area contributed by atoms with Gasteiger partial charge in [-0.15, -0.1) is 0 Å². The van der Waals surface area contributed by atoms with E-state index in [-0.39, 0.29) is 6.61 Å². The molecule has 1 fully saturated rings. The fraction of sp³-hybridized carbons (Fsp3) is 0.533. The van der Waals surface area contributed by atoms with Gasteiger partial charge in [0.25, 0.3) is 0 Å². The summed E-state index contributed by atoms with van der Waals surface area (Å²) in [4.78, 5) is 0. The summed E-state index contributed by atoms with van der Waals surface area (Å²) in [5.74, 6) is 0.616. The second-order valence-electron chi connectivity index (χ2n) is 5.76. The van der Waals surface area contributed by atoms with E-state index in [4.69, 9.17) is 10.00 Å². The molecule has 2 rings (SSSR count). The molecular weight excluding hydrogens is 240 g/mol. The summed E-state index contributed by atoms with van der Waals surface area (Å²) in [6, 6.07) is 9.51. The molecule has 19 heavy (non-hydrogen) atoms. The number of rotatable bonds is 6. The first-order valence-electron chi connectivity index (χ1n) is 6.56. The van der Waals surface area contributed by atoms with Crippen LogP contribution in [0.1, 0.15) is 25.8 Å². The molecule has 1 saturated carbocycles. The Hall–Kier alpha value is -1.57. The lowest BCUT2D eigenvalue weighted by atomic mass is 10.2. The summed E-state index contributed by atoms with van der Waals surface area (Å²) >= 11 is 0. The highest BCUT2D eigenvalue weighted by atomic mass is 16.5. The third kappa shape index (κ3) is 3.95. The van der Waals surface area contributed by atoms with Crippen LogP contribution in [0.5, 0.6) is 5.75 Å². The second kappa shape index (κ2) is 5.60. The highest BCUT2D eigenvalue weighted by molar-refractivity contribution is 5.36. The molecule has 1 aliphatic carbocycles. The van der Waals surface area contributed by atoms with Gasteiger partial charge in [-0.1, -0.05) is 19.9 Å². The Balaban J connectivity index is 1.71. The largest absolute Gasteiger partial charge is 0.491 e. The maximum absolute atomic E-state index is 9.83. The average Bonchev–Trinajstić information content (AvgIpc) is 3.02. The Labute approximate surface area is 114 Å². The Morgan fingerprint density at radius 3 is 2.95 bits per heavy atom. The summed E-state index contributed by atoms with van der Waals surface area (Å²) in [6.07, 6.45) is 0.618. The van der Waals surface area contributed by atoms with Crippen molar-refractivity contribution in [1.29, 1.82) is 5.26 Å². The Morgan fingerprint density at radius 2 is 2.32 bits per heavy atom. The zero-order chi connectivity index (χ0) is 13.9. The van der Waals surface area contributed by atoms with Crippen molar-refractivity contribution < 1.29 is 9.84 Å². The number of aliphatic hydroxyl groups is 1. The fourth-order valence-electron chi connectivity index (χ4n) is 2.00. The van der Waals surface area contributed by atoms with E-state index in [0.717, 1.165) is 6.42 Å². The van der Waals surface area contributed by atoms with Gasteiger partial charge in [-0.3, -0.25) is 0 Å². The summed E-state index contributed by atoms with van der Waals surface area (Å²) in [6.45, 7) is 5.18. The molecule has 0 amide bonds. The van der Waals surface area contributed by atoms with E-state index in [2.05, 4.69) is 25.2 Å². The average molecular weight is 260 g/mol. The standard InChI is InChI=1S/C15H20N2O2/c1-15(2)7-14(15)17-9-12(18)10-19-13-5-3-4-11(6-13)8-16/h3-6,12,14,17-18H,7,9-10H2,1-2H3. The van der Waals surface area contributed by atoms with Crippen molar-refractivity contribution in [2.45, 2.75) is 32.4 Å². The molecule has 2 unspecified atom stereocenters. The summed E-state index contributed by atoms with van der Waals surface area (Å²) < 4.78 is 5.47. The minimum Gasteiger partial charge on any atom is -0.491 e. The van der Waals surface area contributed by atoms with Crippen LogP contribution >= 0.6 is 0 Å². The van der Waals surface area contributed by atoms with Gasteiger partial charge >= 0.3 is 0 Å². The molecule has 0 radical (unpaired) electrons. The lowest BCUT2D eigenvalue weighted by Crippen LogP contribution is -2.34. The number of aliphatic hydroxyl groups excluding tert-OH is 1.